The molecule has 0 aliphatic heterocycles. The lowest BCUT2D eigenvalue weighted by atomic mass is 10.0. The van der Waals surface area contributed by atoms with Crippen LogP contribution in [0.15, 0.2) is 0 Å². The van der Waals surface area contributed by atoms with Crippen LogP contribution in [0, 0.1) is 0 Å². The Morgan fingerprint density at radius 1 is 1.32 bits per heavy atom. The van der Waals surface area contributed by atoms with Gasteiger partial charge in [0.25, 0.3) is 0 Å². The van der Waals surface area contributed by atoms with Crippen molar-refractivity contribution in [3.05, 3.63) is 15.6 Å². The van der Waals surface area contributed by atoms with E-state index in [2.05, 4.69) is 4.98 Å². The van der Waals surface area contributed by atoms with E-state index in [1.54, 1.807) is 11.3 Å². The first kappa shape index (κ1) is 13.4. The predicted octanol–water partition coefficient (Wildman–Crippen LogP) is 3.82. The topological polar surface area (TPSA) is 50.2 Å². The van der Waals surface area contributed by atoms with Crippen molar-refractivity contribution >= 4 is 29.1 Å². The van der Waals surface area contributed by atoms with E-state index in [-0.39, 0.29) is 5.92 Å². The molecule has 0 spiro atoms. The van der Waals surface area contributed by atoms with E-state index in [1.165, 1.54) is 37.0 Å². The molecule has 1 heterocycles. The second-order valence-corrected chi connectivity index (χ2v) is 7.87. The van der Waals surface area contributed by atoms with Crippen molar-refractivity contribution in [2.75, 3.05) is 0 Å². The van der Waals surface area contributed by atoms with E-state index < -0.39 is 5.97 Å². The van der Waals surface area contributed by atoms with Crippen LogP contribution in [0.1, 0.15) is 60.0 Å². The van der Waals surface area contributed by atoms with Crippen LogP contribution in [0.3, 0.4) is 0 Å². The molecular formula is C14H19NO2S2. The standard InChI is InChI=1S/C14H19NO2S2/c16-14(17)10-6-7-11-13(10)15-12(19-11)8-18-9-4-2-1-3-5-9/h9-10H,1-8H2,(H,16,17). The molecule has 1 saturated carbocycles. The fraction of sp³-hybridized carbons (Fsp3) is 0.714. The Hall–Kier alpha value is -0.550. The van der Waals surface area contributed by atoms with Gasteiger partial charge in [0.2, 0.25) is 0 Å². The first-order valence-corrected chi connectivity index (χ1v) is 8.93. The van der Waals surface area contributed by atoms with Gasteiger partial charge in [-0.15, -0.1) is 11.3 Å². The number of nitrogens with zero attached hydrogens (tertiary/aromatic N) is 1. The minimum atomic E-state index is -0.712. The maximum Gasteiger partial charge on any atom is 0.312 e. The normalized spacial score (nSPS) is 23.5. The van der Waals surface area contributed by atoms with E-state index in [4.69, 9.17) is 5.11 Å². The summed E-state index contributed by atoms with van der Waals surface area (Å²) >= 11 is 3.75. The lowest BCUT2D eigenvalue weighted by molar-refractivity contribution is -0.138. The Bertz CT molecular complexity index is 466. The zero-order chi connectivity index (χ0) is 13.2. The quantitative estimate of drug-likeness (QED) is 0.917. The first-order valence-electron chi connectivity index (χ1n) is 7.07. The highest BCUT2D eigenvalue weighted by Gasteiger charge is 2.32. The van der Waals surface area contributed by atoms with Gasteiger partial charge in [-0.3, -0.25) is 4.79 Å². The molecule has 1 unspecified atom stereocenters. The summed E-state index contributed by atoms with van der Waals surface area (Å²) in [4.78, 5) is 16.9. The van der Waals surface area contributed by atoms with Crippen LogP contribution in [0.2, 0.25) is 0 Å². The van der Waals surface area contributed by atoms with E-state index in [1.807, 2.05) is 11.8 Å². The van der Waals surface area contributed by atoms with E-state index in [0.717, 1.165) is 34.5 Å². The van der Waals surface area contributed by atoms with Crippen molar-refractivity contribution in [3.63, 3.8) is 0 Å². The number of thiazole rings is 1. The average molecular weight is 297 g/mol. The number of carboxylic acids is 1. The SMILES string of the molecule is O=C(O)C1CCc2sc(CSC3CCCCC3)nc21. The van der Waals surface area contributed by atoms with Gasteiger partial charge in [-0.1, -0.05) is 19.3 Å². The molecule has 1 fully saturated rings. The van der Waals surface area contributed by atoms with Crippen molar-refractivity contribution in [1.29, 1.82) is 0 Å². The Kier molecular flexibility index (Phi) is 4.12. The number of hydrogen-bond donors (Lipinski definition) is 1. The molecular weight excluding hydrogens is 278 g/mol. The minimum Gasteiger partial charge on any atom is -0.481 e. The Morgan fingerprint density at radius 3 is 2.84 bits per heavy atom. The number of fused-ring (bicyclic) bond motifs is 1. The molecule has 1 N–H and O–H groups in total. The summed E-state index contributed by atoms with van der Waals surface area (Å²) in [5, 5.41) is 11.1. The predicted molar refractivity (Wildman–Crippen MR) is 79.0 cm³/mol. The van der Waals surface area contributed by atoms with E-state index in [0.29, 0.717) is 0 Å². The van der Waals surface area contributed by atoms with Crippen LogP contribution in [0.5, 0.6) is 0 Å². The lowest BCUT2D eigenvalue weighted by Crippen LogP contribution is -2.09. The molecule has 2 aliphatic rings. The maximum atomic E-state index is 11.1. The van der Waals surface area contributed by atoms with Gasteiger partial charge < -0.3 is 5.11 Å². The fourth-order valence-electron chi connectivity index (χ4n) is 3.00. The van der Waals surface area contributed by atoms with Gasteiger partial charge in [-0.05, 0) is 25.7 Å². The number of carbonyl (C=O) groups is 1. The highest BCUT2D eigenvalue weighted by Crippen LogP contribution is 2.38. The van der Waals surface area contributed by atoms with Crippen molar-refractivity contribution in [1.82, 2.24) is 4.98 Å². The van der Waals surface area contributed by atoms with Crippen molar-refractivity contribution in [3.8, 4) is 0 Å². The number of thioether (sulfide) groups is 1. The molecule has 0 bridgehead atoms. The Morgan fingerprint density at radius 2 is 2.11 bits per heavy atom. The molecule has 5 heteroatoms. The van der Waals surface area contributed by atoms with E-state index in [9.17, 15) is 4.79 Å². The van der Waals surface area contributed by atoms with Gasteiger partial charge in [-0.25, -0.2) is 4.98 Å². The highest BCUT2D eigenvalue weighted by molar-refractivity contribution is 7.99. The summed E-state index contributed by atoms with van der Waals surface area (Å²) in [5.74, 6) is -0.0931. The molecule has 19 heavy (non-hydrogen) atoms. The number of aromatic nitrogens is 1. The van der Waals surface area contributed by atoms with Gasteiger partial charge in [0.05, 0.1) is 5.69 Å². The summed E-state index contributed by atoms with van der Waals surface area (Å²) in [7, 11) is 0. The lowest BCUT2D eigenvalue weighted by Gasteiger charge is -2.20. The molecule has 104 valence electrons. The molecule has 1 aromatic heterocycles. The van der Waals surface area contributed by atoms with Crippen molar-refractivity contribution < 1.29 is 9.90 Å². The van der Waals surface area contributed by atoms with Crippen LogP contribution < -0.4 is 0 Å². The molecule has 0 radical (unpaired) electrons. The third kappa shape index (κ3) is 2.97. The Balaban J connectivity index is 1.60. The number of carboxylic acid groups (broad SMARTS) is 1. The van der Waals surface area contributed by atoms with E-state index >= 15 is 0 Å². The summed E-state index contributed by atoms with van der Waals surface area (Å²) in [6.07, 6.45) is 8.45. The number of rotatable bonds is 4. The fourth-order valence-corrected chi connectivity index (χ4v) is 5.49. The first-order chi connectivity index (χ1) is 9.24. The molecule has 3 rings (SSSR count). The van der Waals surface area contributed by atoms with Gasteiger partial charge >= 0.3 is 5.97 Å². The van der Waals surface area contributed by atoms with Crippen LogP contribution >= 0.6 is 23.1 Å². The molecule has 3 nitrogen and oxygen atoms in total. The molecule has 0 saturated heterocycles. The van der Waals surface area contributed by atoms with Gasteiger partial charge in [0, 0.05) is 15.9 Å². The monoisotopic (exact) mass is 297 g/mol. The maximum absolute atomic E-state index is 11.1. The molecule has 2 aliphatic carbocycles. The summed E-state index contributed by atoms with van der Waals surface area (Å²) in [6.45, 7) is 0. The summed E-state index contributed by atoms with van der Waals surface area (Å²) < 4.78 is 0. The van der Waals surface area contributed by atoms with Crippen molar-refractivity contribution in [2.24, 2.45) is 0 Å². The second-order valence-electron chi connectivity index (χ2n) is 5.42. The molecule has 0 amide bonds. The molecule has 1 atom stereocenters. The smallest absolute Gasteiger partial charge is 0.312 e. The largest absolute Gasteiger partial charge is 0.481 e. The van der Waals surface area contributed by atoms with Crippen molar-refractivity contribution in [2.45, 2.75) is 61.9 Å². The number of aryl methyl sites for hydroxylation is 1. The van der Waals surface area contributed by atoms with Gasteiger partial charge in [0.1, 0.15) is 10.9 Å². The summed E-state index contributed by atoms with van der Waals surface area (Å²) in [5.41, 5.74) is 0.858. The average Bonchev–Trinajstić information content (AvgIpc) is 2.96. The van der Waals surface area contributed by atoms with Crippen LogP contribution in [0.4, 0.5) is 0 Å². The molecule has 0 aromatic carbocycles. The van der Waals surface area contributed by atoms with Crippen LogP contribution in [0.25, 0.3) is 0 Å². The number of aliphatic carboxylic acids is 1. The zero-order valence-corrected chi connectivity index (χ0v) is 12.6. The van der Waals surface area contributed by atoms with Gasteiger partial charge in [0.15, 0.2) is 0 Å². The second kappa shape index (κ2) is 5.83. The Labute approximate surface area is 121 Å². The van der Waals surface area contributed by atoms with Gasteiger partial charge in [-0.2, -0.15) is 11.8 Å². The minimum absolute atomic E-state index is 0.348. The number of hydrogen-bond acceptors (Lipinski definition) is 4. The zero-order valence-electron chi connectivity index (χ0n) is 10.9. The third-order valence-corrected chi connectivity index (χ3v) is 6.75. The molecule has 1 aromatic rings. The van der Waals surface area contributed by atoms with Crippen LogP contribution in [-0.4, -0.2) is 21.3 Å². The third-order valence-electron chi connectivity index (χ3n) is 4.05. The highest BCUT2D eigenvalue weighted by atomic mass is 32.2. The summed E-state index contributed by atoms with van der Waals surface area (Å²) in [6, 6.07) is 0. The van der Waals surface area contributed by atoms with Crippen LogP contribution in [-0.2, 0) is 17.0 Å².